The Morgan fingerprint density at radius 2 is 1.86 bits per heavy atom. The van der Waals surface area contributed by atoms with Crippen LogP contribution < -0.4 is 10.4 Å². The summed E-state index contributed by atoms with van der Waals surface area (Å²) >= 11 is 0. The molecule has 0 radical (unpaired) electrons. The Labute approximate surface area is 131 Å². The van der Waals surface area contributed by atoms with Gasteiger partial charge in [-0.3, -0.25) is 0 Å². The van der Waals surface area contributed by atoms with Crippen LogP contribution in [0.4, 0.5) is 10.1 Å². The number of hydrogen-bond acceptors (Lipinski definition) is 4. The maximum Gasteiger partial charge on any atom is 0.497 e. The van der Waals surface area contributed by atoms with Gasteiger partial charge in [-0.1, -0.05) is 6.07 Å². The lowest BCUT2D eigenvalue weighted by Crippen LogP contribution is -2.41. The fraction of sp³-hybridized carbons (Fsp3) is 0.625. The van der Waals surface area contributed by atoms with Gasteiger partial charge in [-0.15, -0.1) is 0 Å². The Bertz CT molecular complexity index is 563. The highest BCUT2D eigenvalue weighted by molar-refractivity contribution is 6.62. The fourth-order valence-corrected chi connectivity index (χ4v) is 2.85. The summed E-state index contributed by atoms with van der Waals surface area (Å²) in [6, 6.07) is 5.08. The van der Waals surface area contributed by atoms with E-state index in [1.54, 1.807) is 6.07 Å². The largest absolute Gasteiger partial charge is 0.497 e. The molecule has 22 heavy (non-hydrogen) atoms. The zero-order valence-electron chi connectivity index (χ0n) is 13.6. The topological polar surface area (TPSA) is 41.9 Å². The second-order valence-corrected chi connectivity index (χ2v) is 7.18. The smallest absolute Gasteiger partial charge is 0.399 e. The van der Waals surface area contributed by atoms with Crippen molar-refractivity contribution in [3.63, 3.8) is 0 Å². The molecule has 0 unspecified atom stereocenters. The van der Waals surface area contributed by atoms with E-state index in [9.17, 15) is 9.50 Å². The van der Waals surface area contributed by atoms with Crippen LogP contribution in [0.3, 0.4) is 0 Å². The van der Waals surface area contributed by atoms with E-state index in [0.29, 0.717) is 12.0 Å². The second-order valence-electron chi connectivity index (χ2n) is 7.18. The Balaban J connectivity index is 1.82. The Hall–Kier alpha value is -1.11. The predicted molar refractivity (Wildman–Crippen MR) is 85.0 cm³/mol. The minimum absolute atomic E-state index is 0.328. The van der Waals surface area contributed by atoms with E-state index in [2.05, 4.69) is 0 Å². The molecular formula is C16H23BFNO3. The molecular weight excluding hydrogens is 284 g/mol. The van der Waals surface area contributed by atoms with Gasteiger partial charge in [0.15, 0.2) is 0 Å². The first kappa shape index (κ1) is 15.8. The van der Waals surface area contributed by atoms with Gasteiger partial charge >= 0.3 is 7.12 Å². The first-order chi connectivity index (χ1) is 10.2. The summed E-state index contributed by atoms with van der Waals surface area (Å²) in [5.41, 5.74) is 0.236. The van der Waals surface area contributed by atoms with Crippen LogP contribution in [0.1, 0.15) is 34.1 Å². The molecule has 4 nitrogen and oxygen atoms in total. The summed E-state index contributed by atoms with van der Waals surface area (Å²) in [4.78, 5) is 1.99. The van der Waals surface area contributed by atoms with Crippen molar-refractivity contribution >= 4 is 18.3 Å². The van der Waals surface area contributed by atoms with Crippen molar-refractivity contribution < 1.29 is 18.8 Å². The van der Waals surface area contributed by atoms with E-state index in [-0.39, 0.29) is 11.9 Å². The van der Waals surface area contributed by atoms with E-state index < -0.39 is 18.3 Å². The number of halogens is 1. The van der Waals surface area contributed by atoms with Crippen LogP contribution in [-0.2, 0) is 9.31 Å². The van der Waals surface area contributed by atoms with Crippen molar-refractivity contribution in [2.24, 2.45) is 0 Å². The van der Waals surface area contributed by atoms with Crippen LogP contribution in [0.5, 0.6) is 0 Å². The zero-order valence-corrected chi connectivity index (χ0v) is 13.6. The van der Waals surface area contributed by atoms with E-state index in [4.69, 9.17) is 9.31 Å². The summed E-state index contributed by atoms with van der Waals surface area (Å²) in [5, 5.41) is 9.60. The molecule has 3 rings (SSSR count). The van der Waals surface area contributed by atoms with Crippen LogP contribution in [0.15, 0.2) is 18.2 Å². The molecule has 2 fully saturated rings. The molecule has 1 N–H and O–H groups in total. The molecule has 0 aliphatic carbocycles. The van der Waals surface area contributed by atoms with Crippen LogP contribution in [0.25, 0.3) is 0 Å². The minimum atomic E-state index is -0.691. The quantitative estimate of drug-likeness (QED) is 0.845. The molecule has 0 amide bonds. The number of aliphatic hydroxyl groups is 1. The average Bonchev–Trinajstić information content (AvgIpc) is 2.91. The van der Waals surface area contributed by atoms with Gasteiger partial charge in [0, 0.05) is 24.2 Å². The summed E-state index contributed by atoms with van der Waals surface area (Å²) < 4.78 is 26.3. The number of aliphatic hydroxyl groups excluding tert-OH is 1. The van der Waals surface area contributed by atoms with Gasteiger partial charge in [0.05, 0.1) is 17.3 Å². The average molecular weight is 307 g/mol. The normalized spacial score (nSPS) is 26.7. The summed E-state index contributed by atoms with van der Waals surface area (Å²) in [7, 11) is -0.691. The standard InChI is InChI=1S/C16H23BFNO3/c1-15(2)16(3,4)22-17(21-15)13-6-5-11(9-14(13)18)19-8-7-12(20)10-19/h5-6,9,12,20H,7-8,10H2,1-4H3/t12-/m1/s1. The molecule has 2 heterocycles. The molecule has 0 aromatic heterocycles. The highest BCUT2D eigenvalue weighted by atomic mass is 19.1. The third-order valence-electron chi connectivity index (χ3n) is 5.02. The molecule has 120 valence electrons. The maximum atomic E-state index is 14.5. The number of benzene rings is 1. The highest BCUT2D eigenvalue weighted by Crippen LogP contribution is 2.36. The van der Waals surface area contributed by atoms with E-state index in [1.165, 1.54) is 6.07 Å². The van der Waals surface area contributed by atoms with Gasteiger partial charge < -0.3 is 19.3 Å². The molecule has 2 aliphatic rings. The molecule has 1 aromatic carbocycles. The van der Waals surface area contributed by atoms with E-state index in [0.717, 1.165) is 18.7 Å². The van der Waals surface area contributed by atoms with Gasteiger partial charge in [0.2, 0.25) is 0 Å². The van der Waals surface area contributed by atoms with E-state index in [1.807, 2.05) is 38.7 Å². The number of hydrogen-bond donors (Lipinski definition) is 1. The van der Waals surface area contributed by atoms with Gasteiger partial charge in [0.25, 0.3) is 0 Å². The van der Waals surface area contributed by atoms with Crippen molar-refractivity contribution in [1.29, 1.82) is 0 Å². The van der Waals surface area contributed by atoms with Gasteiger partial charge in [-0.2, -0.15) is 0 Å². The second kappa shape index (κ2) is 5.22. The molecule has 1 atom stereocenters. The first-order valence-corrected chi connectivity index (χ1v) is 7.78. The lowest BCUT2D eigenvalue weighted by atomic mass is 9.78. The van der Waals surface area contributed by atoms with Crippen LogP contribution in [0, 0.1) is 5.82 Å². The predicted octanol–water partition coefficient (Wildman–Crippen LogP) is 1.70. The number of β-amino-alcohol motifs (C(OH)–C–C–N with tert-alkyl or cyclic N) is 1. The first-order valence-electron chi connectivity index (χ1n) is 7.78. The molecule has 0 saturated carbocycles. The Morgan fingerprint density at radius 1 is 1.23 bits per heavy atom. The lowest BCUT2D eigenvalue weighted by Gasteiger charge is -2.32. The fourth-order valence-electron chi connectivity index (χ4n) is 2.85. The minimum Gasteiger partial charge on any atom is -0.399 e. The van der Waals surface area contributed by atoms with Crippen molar-refractivity contribution in [3.8, 4) is 0 Å². The molecule has 6 heteroatoms. The van der Waals surface area contributed by atoms with Crippen molar-refractivity contribution in [3.05, 3.63) is 24.0 Å². The van der Waals surface area contributed by atoms with E-state index >= 15 is 0 Å². The molecule has 2 aliphatic heterocycles. The monoisotopic (exact) mass is 307 g/mol. The zero-order chi connectivity index (χ0) is 16.1. The highest BCUT2D eigenvalue weighted by Gasteiger charge is 2.52. The SMILES string of the molecule is CC1(C)OB(c2ccc(N3CC[C@@H](O)C3)cc2F)OC1(C)C. The van der Waals surface area contributed by atoms with Crippen LogP contribution >= 0.6 is 0 Å². The van der Waals surface area contributed by atoms with Gasteiger partial charge in [-0.25, -0.2) is 4.39 Å². The lowest BCUT2D eigenvalue weighted by molar-refractivity contribution is 0.00578. The molecule has 0 spiro atoms. The van der Waals surface area contributed by atoms with Crippen LogP contribution in [-0.4, -0.2) is 42.6 Å². The number of rotatable bonds is 2. The molecule has 0 bridgehead atoms. The van der Waals surface area contributed by atoms with Crippen molar-refractivity contribution in [1.82, 2.24) is 0 Å². The Kier molecular flexibility index (Phi) is 3.74. The molecule has 1 aromatic rings. The Morgan fingerprint density at radius 3 is 2.36 bits per heavy atom. The number of anilines is 1. The maximum absolute atomic E-state index is 14.5. The third-order valence-corrected chi connectivity index (χ3v) is 5.02. The van der Waals surface area contributed by atoms with Gasteiger partial charge in [-0.05, 0) is 46.2 Å². The van der Waals surface area contributed by atoms with Crippen molar-refractivity contribution in [2.75, 3.05) is 18.0 Å². The summed E-state index contributed by atoms with van der Waals surface area (Å²) in [6.45, 7) is 9.09. The van der Waals surface area contributed by atoms with Crippen molar-refractivity contribution in [2.45, 2.75) is 51.4 Å². The number of nitrogens with zero attached hydrogens (tertiary/aromatic N) is 1. The van der Waals surface area contributed by atoms with Crippen LogP contribution in [0.2, 0.25) is 0 Å². The molecule has 2 saturated heterocycles. The summed E-state index contributed by atoms with van der Waals surface area (Å²) in [6.07, 6.45) is 0.395. The van der Waals surface area contributed by atoms with Gasteiger partial charge in [0.1, 0.15) is 5.82 Å². The third kappa shape index (κ3) is 2.64. The summed E-state index contributed by atoms with van der Waals surface area (Å²) in [5.74, 6) is -0.336.